The van der Waals surface area contributed by atoms with Gasteiger partial charge in [-0.25, -0.2) is 9.18 Å². The van der Waals surface area contributed by atoms with Crippen LogP contribution in [0.4, 0.5) is 10.1 Å². The molecule has 1 aromatic heterocycles. The number of nitrogens with two attached hydrogens (primary N) is 1. The van der Waals surface area contributed by atoms with Crippen LogP contribution in [0.5, 0.6) is 0 Å². The number of ether oxygens (including phenoxy) is 2. The van der Waals surface area contributed by atoms with Crippen molar-refractivity contribution in [3.8, 4) is 0 Å². The molecule has 2 amide bonds. The molecule has 42 heavy (non-hydrogen) atoms. The molecule has 0 radical (unpaired) electrons. The third-order valence-corrected chi connectivity index (χ3v) is 8.71. The summed E-state index contributed by atoms with van der Waals surface area (Å²) in [4.78, 5) is 44.9. The molecule has 3 atom stereocenters. The number of carbonyl (C=O) groups is 3. The first-order valence-corrected chi connectivity index (χ1v) is 14.7. The van der Waals surface area contributed by atoms with Crippen LogP contribution in [0, 0.1) is 11.8 Å². The minimum atomic E-state index is -0.668. The van der Waals surface area contributed by atoms with Gasteiger partial charge in [-0.15, -0.1) is 0 Å². The second-order valence-electron chi connectivity index (χ2n) is 11.3. The number of fused-ring (bicyclic) bond motifs is 1. The Morgan fingerprint density at radius 3 is 2.52 bits per heavy atom. The minimum Gasteiger partial charge on any atom is -0.459 e. The normalized spacial score (nSPS) is 23.1. The first-order valence-electron chi connectivity index (χ1n) is 14.7. The van der Waals surface area contributed by atoms with Gasteiger partial charge >= 0.3 is 5.97 Å². The molecular weight excluding hydrogens is 539 g/mol. The van der Waals surface area contributed by atoms with E-state index in [0.717, 1.165) is 16.5 Å². The number of hydrogen-bond donors (Lipinski definition) is 3. The lowest BCUT2D eigenvalue weighted by Crippen LogP contribution is -2.48. The number of methoxy groups -OCH3 is 1. The monoisotopic (exact) mass is 578 g/mol. The number of likely N-dealkylation sites (tertiary alicyclic amines) is 1. The average molecular weight is 579 g/mol. The van der Waals surface area contributed by atoms with Gasteiger partial charge in [0.05, 0.1) is 6.61 Å². The fraction of sp³-hybridized carbons (Fsp3) is 0.469. The van der Waals surface area contributed by atoms with Gasteiger partial charge in [-0.1, -0.05) is 30.3 Å². The third kappa shape index (κ3) is 6.50. The molecule has 1 saturated heterocycles. The summed E-state index contributed by atoms with van der Waals surface area (Å²) in [5.41, 5.74) is 8.56. The highest BCUT2D eigenvalue weighted by atomic mass is 19.1. The number of H-pyrrole nitrogens is 1. The zero-order valence-electron chi connectivity index (χ0n) is 23.9. The molecule has 2 aliphatic rings. The molecule has 2 heterocycles. The van der Waals surface area contributed by atoms with Gasteiger partial charge in [0.1, 0.15) is 25.0 Å². The highest BCUT2D eigenvalue weighted by molar-refractivity contribution is 6.01. The van der Waals surface area contributed by atoms with E-state index in [-0.39, 0.29) is 36.2 Å². The van der Waals surface area contributed by atoms with Crippen LogP contribution < -0.4 is 11.1 Å². The number of hydrogen-bond acceptors (Lipinski definition) is 6. The van der Waals surface area contributed by atoms with Crippen molar-refractivity contribution in [2.75, 3.05) is 38.9 Å². The van der Waals surface area contributed by atoms with E-state index >= 15 is 0 Å². The van der Waals surface area contributed by atoms with Crippen molar-refractivity contribution >= 4 is 34.4 Å². The van der Waals surface area contributed by atoms with Gasteiger partial charge in [0.2, 0.25) is 11.8 Å². The molecule has 10 heteroatoms. The smallest absolute Gasteiger partial charge is 0.354 e. The number of amides is 2. The van der Waals surface area contributed by atoms with Crippen LogP contribution >= 0.6 is 0 Å². The summed E-state index contributed by atoms with van der Waals surface area (Å²) in [6, 6.07) is 15.7. The maximum absolute atomic E-state index is 13.9. The molecule has 2 aromatic carbocycles. The molecule has 4 N–H and O–H groups in total. The Kier molecular flexibility index (Phi) is 9.54. The molecule has 5 rings (SSSR count). The fourth-order valence-corrected chi connectivity index (χ4v) is 6.40. The molecule has 224 valence electrons. The predicted octanol–water partition coefficient (Wildman–Crippen LogP) is 4.40. The number of carbonyl (C=O) groups excluding carboxylic acids is 3. The van der Waals surface area contributed by atoms with Crippen molar-refractivity contribution in [1.82, 2.24) is 9.88 Å². The van der Waals surface area contributed by atoms with Crippen molar-refractivity contribution in [1.29, 1.82) is 0 Å². The Labute approximate surface area is 244 Å². The van der Waals surface area contributed by atoms with Crippen LogP contribution in [0.3, 0.4) is 0 Å². The molecule has 1 aliphatic heterocycles. The van der Waals surface area contributed by atoms with Crippen molar-refractivity contribution in [3.05, 3.63) is 65.9 Å². The number of aromatic amines is 1. The van der Waals surface area contributed by atoms with Crippen LogP contribution in [0.25, 0.3) is 10.9 Å². The predicted molar refractivity (Wildman–Crippen MR) is 158 cm³/mol. The highest BCUT2D eigenvalue weighted by Gasteiger charge is 2.44. The number of alkyl halides is 1. The fourth-order valence-electron chi connectivity index (χ4n) is 6.40. The molecule has 3 aromatic rings. The average Bonchev–Trinajstić information content (AvgIpc) is 3.66. The van der Waals surface area contributed by atoms with Crippen molar-refractivity contribution < 1.29 is 28.2 Å². The highest BCUT2D eigenvalue weighted by Crippen LogP contribution is 2.38. The lowest BCUT2D eigenvalue weighted by Gasteiger charge is -2.35. The molecule has 0 bridgehead atoms. The Bertz CT molecular complexity index is 1390. The number of halogens is 1. The van der Waals surface area contributed by atoms with E-state index in [9.17, 15) is 18.8 Å². The molecule has 2 fully saturated rings. The van der Waals surface area contributed by atoms with E-state index in [4.69, 9.17) is 15.2 Å². The topological polar surface area (TPSA) is 127 Å². The lowest BCUT2D eigenvalue weighted by molar-refractivity contribution is -0.141. The van der Waals surface area contributed by atoms with Crippen molar-refractivity contribution in [2.45, 2.75) is 50.1 Å². The molecular formula is C32H39FN4O5. The SMILES string of the molecule is COCCOC(=O)c1cc2cc(NC(=O)[C@@H]3[C@@H](c4ccccc4)CCN3C(=O)C3CCC([C@H](N)CF)CC3)ccc2[nH]1. The van der Waals surface area contributed by atoms with E-state index < -0.39 is 24.7 Å². The number of rotatable bonds is 10. The molecule has 1 saturated carbocycles. The Morgan fingerprint density at radius 2 is 1.81 bits per heavy atom. The number of benzene rings is 2. The molecule has 9 nitrogen and oxygen atoms in total. The van der Waals surface area contributed by atoms with Gasteiger partial charge in [0.15, 0.2) is 0 Å². The summed E-state index contributed by atoms with van der Waals surface area (Å²) in [6.07, 6.45) is 3.41. The van der Waals surface area contributed by atoms with Crippen LogP contribution in [0.1, 0.15) is 54.1 Å². The number of esters is 1. The standard InChI is InChI=1S/C32H39FN4O5/c1-41-15-16-42-32(40)28-18-23-17-24(11-12-27(23)36-28)35-30(38)29-25(20-5-3-2-4-6-20)13-14-37(29)31(39)22-9-7-21(8-10-22)26(34)19-33/h2-6,11-12,17-18,21-22,25-26,29,36H,7-10,13-16,19,34H2,1H3,(H,35,38)/t21?,22?,25-,26-,29+/m1/s1. The van der Waals surface area contributed by atoms with Crippen molar-refractivity contribution in [3.63, 3.8) is 0 Å². The largest absolute Gasteiger partial charge is 0.459 e. The van der Waals surface area contributed by atoms with Gasteiger partial charge < -0.3 is 30.4 Å². The van der Waals surface area contributed by atoms with Crippen LogP contribution in [0.15, 0.2) is 54.6 Å². The maximum atomic E-state index is 13.9. The minimum absolute atomic E-state index is 0.0152. The molecule has 0 spiro atoms. The van der Waals surface area contributed by atoms with E-state index in [1.165, 1.54) is 7.11 Å². The number of nitrogens with zero attached hydrogens (tertiary/aromatic N) is 1. The second kappa shape index (κ2) is 13.5. The van der Waals surface area contributed by atoms with Gasteiger partial charge in [0, 0.05) is 48.1 Å². The second-order valence-corrected chi connectivity index (χ2v) is 11.3. The number of anilines is 1. The third-order valence-electron chi connectivity index (χ3n) is 8.71. The Balaban J connectivity index is 1.33. The first kappa shape index (κ1) is 29.7. The Hall–Kier alpha value is -3.76. The summed E-state index contributed by atoms with van der Waals surface area (Å²) >= 11 is 0. The lowest BCUT2D eigenvalue weighted by atomic mass is 9.78. The van der Waals surface area contributed by atoms with E-state index in [1.807, 2.05) is 30.3 Å². The number of nitrogens with one attached hydrogen (secondary N) is 2. The van der Waals surface area contributed by atoms with Crippen LogP contribution in [-0.4, -0.2) is 73.3 Å². The van der Waals surface area contributed by atoms with Gasteiger partial charge in [-0.3, -0.25) is 9.59 Å². The zero-order chi connectivity index (χ0) is 29.6. The van der Waals surface area contributed by atoms with Gasteiger partial charge in [0.25, 0.3) is 0 Å². The molecule has 0 unspecified atom stereocenters. The number of aromatic nitrogens is 1. The maximum Gasteiger partial charge on any atom is 0.354 e. The summed E-state index contributed by atoms with van der Waals surface area (Å²) < 4.78 is 23.2. The van der Waals surface area contributed by atoms with Gasteiger partial charge in [-0.2, -0.15) is 0 Å². The molecule has 1 aliphatic carbocycles. The summed E-state index contributed by atoms with van der Waals surface area (Å²) in [6.45, 7) is 0.399. The van der Waals surface area contributed by atoms with E-state index in [1.54, 1.807) is 29.2 Å². The van der Waals surface area contributed by atoms with Crippen molar-refractivity contribution in [2.24, 2.45) is 17.6 Å². The summed E-state index contributed by atoms with van der Waals surface area (Å²) in [5, 5.41) is 3.78. The summed E-state index contributed by atoms with van der Waals surface area (Å²) in [7, 11) is 1.53. The zero-order valence-corrected chi connectivity index (χ0v) is 23.9. The van der Waals surface area contributed by atoms with E-state index in [0.29, 0.717) is 56.6 Å². The summed E-state index contributed by atoms with van der Waals surface area (Å²) in [5.74, 6) is -1.01. The van der Waals surface area contributed by atoms with E-state index in [2.05, 4.69) is 10.3 Å². The Morgan fingerprint density at radius 1 is 1.05 bits per heavy atom. The quantitative estimate of drug-likeness (QED) is 0.242. The first-order chi connectivity index (χ1) is 20.4. The van der Waals surface area contributed by atoms with Gasteiger partial charge in [-0.05, 0) is 67.9 Å². The van der Waals surface area contributed by atoms with Crippen LogP contribution in [-0.2, 0) is 19.1 Å². The van der Waals surface area contributed by atoms with Crippen LogP contribution in [0.2, 0.25) is 0 Å².